The van der Waals surface area contributed by atoms with E-state index in [0.717, 1.165) is 86.5 Å². The van der Waals surface area contributed by atoms with Crippen LogP contribution in [-0.4, -0.2) is 85.7 Å². The zero-order chi connectivity index (χ0) is 37.1. The van der Waals surface area contributed by atoms with Gasteiger partial charge in [0, 0.05) is 66.1 Å². The molecule has 1 saturated carbocycles. The van der Waals surface area contributed by atoms with Crippen molar-refractivity contribution < 1.29 is 33.6 Å². The Morgan fingerprint density at radius 3 is 2.58 bits per heavy atom. The number of carboxylic acid groups (broad SMARTS) is 1. The predicted octanol–water partition coefficient (Wildman–Crippen LogP) is 6.40. The van der Waals surface area contributed by atoms with Crippen molar-refractivity contribution in [3.05, 3.63) is 64.6 Å². The van der Waals surface area contributed by atoms with Gasteiger partial charge in [0.15, 0.2) is 0 Å². The van der Waals surface area contributed by atoms with Crippen molar-refractivity contribution in [3.63, 3.8) is 0 Å². The van der Waals surface area contributed by atoms with Crippen molar-refractivity contribution in [1.29, 1.82) is 0 Å². The Morgan fingerprint density at radius 1 is 1.02 bits per heavy atom. The summed E-state index contributed by atoms with van der Waals surface area (Å²) in [7, 11) is 1.65. The summed E-state index contributed by atoms with van der Waals surface area (Å²) in [5.74, 6) is 2.23. The smallest absolute Gasteiger partial charge is 0.303 e. The number of carbonyl (C=O) groups is 2. The number of ketones is 1. The molecule has 11 heteroatoms. The molecule has 284 valence electrons. The fourth-order valence-corrected chi connectivity index (χ4v) is 8.48. The summed E-state index contributed by atoms with van der Waals surface area (Å²) in [6.07, 6.45) is 6.89. The Hall–Kier alpha value is -4.06. The third kappa shape index (κ3) is 8.85. The summed E-state index contributed by atoms with van der Waals surface area (Å²) in [6.45, 7) is 9.91. The quantitative estimate of drug-likeness (QED) is 0.201. The molecule has 2 aromatic heterocycles. The third-order valence-electron chi connectivity index (χ3n) is 11.5. The van der Waals surface area contributed by atoms with E-state index in [2.05, 4.69) is 10.2 Å². The molecule has 3 aliphatic heterocycles. The van der Waals surface area contributed by atoms with Crippen LogP contribution in [0.5, 0.6) is 11.5 Å². The highest BCUT2D eigenvalue weighted by atomic mass is 16.5. The Balaban J connectivity index is 1.07. The number of pyridine rings is 2. The van der Waals surface area contributed by atoms with Crippen molar-refractivity contribution in [3.8, 4) is 22.8 Å². The number of nitrogens with zero attached hydrogens (tertiary/aromatic N) is 3. The highest BCUT2D eigenvalue weighted by molar-refractivity contribution is 6.14. The highest BCUT2D eigenvalue weighted by Gasteiger charge is 2.40. The minimum atomic E-state index is -0.686. The first kappa shape index (κ1) is 37.3. The van der Waals surface area contributed by atoms with Crippen LogP contribution in [-0.2, 0) is 20.7 Å². The summed E-state index contributed by atoms with van der Waals surface area (Å²) in [5.41, 5.74) is 5.64. The van der Waals surface area contributed by atoms with Gasteiger partial charge >= 0.3 is 5.97 Å². The van der Waals surface area contributed by atoms with Gasteiger partial charge in [-0.3, -0.25) is 19.9 Å². The summed E-state index contributed by atoms with van der Waals surface area (Å²) >= 11 is 0. The molecular weight excluding hydrogens is 672 g/mol. The summed E-state index contributed by atoms with van der Waals surface area (Å²) < 4.78 is 24.2. The number of aryl methyl sites for hydroxylation is 2. The molecule has 4 aliphatic rings. The number of hydrogen-bond donors (Lipinski definition) is 2. The molecule has 3 fully saturated rings. The van der Waals surface area contributed by atoms with Gasteiger partial charge in [-0.25, -0.2) is 4.98 Å². The van der Waals surface area contributed by atoms with Crippen LogP contribution in [0, 0.1) is 37.5 Å². The van der Waals surface area contributed by atoms with E-state index in [9.17, 15) is 14.7 Å². The van der Waals surface area contributed by atoms with Crippen molar-refractivity contribution >= 4 is 17.4 Å². The van der Waals surface area contributed by atoms with Crippen molar-refractivity contribution in [2.75, 3.05) is 51.5 Å². The van der Waals surface area contributed by atoms with Crippen LogP contribution in [0.4, 0.5) is 5.69 Å². The fourth-order valence-electron chi connectivity index (χ4n) is 8.48. The largest absolute Gasteiger partial charge is 0.497 e. The summed E-state index contributed by atoms with van der Waals surface area (Å²) in [4.78, 5) is 38.4. The lowest BCUT2D eigenvalue weighted by atomic mass is 9.79. The minimum absolute atomic E-state index is 0.0115. The molecule has 7 rings (SSSR count). The monoisotopic (exact) mass is 726 g/mol. The number of carbonyl (C=O) groups excluding carboxylic acids is 1. The van der Waals surface area contributed by atoms with E-state index >= 15 is 0 Å². The lowest BCUT2D eigenvalue weighted by molar-refractivity contribution is -0.139. The van der Waals surface area contributed by atoms with Gasteiger partial charge in [-0.15, -0.1) is 0 Å². The van der Waals surface area contributed by atoms with Gasteiger partial charge in [-0.2, -0.15) is 0 Å². The third-order valence-corrected chi connectivity index (χ3v) is 11.5. The number of piperidine rings is 2. The molecule has 1 aromatic carbocycles. The molecule has 0 unspecified atom stereocenters. The molecule has 5 heterocycles. The van der Waals surface area contributed by atoms with Crippen molar-refractivity contribution in [1.82, 2.24) is 15.3 Å². The fraction of sp³-hybridized carbons (Fsp3) is 0.571. The lowest BCUT2D eigenvalue weighted by Crippen LogP contribution is -2.44. The van der Waals surface area contributed by atoms with Crippen molar-refractivity contribution in [2.24, 2.45) is 23.7 Å². The van der Waals surface area contributed by atoms with Gasteiger partial charge in [0.25, 0.3) is 0 Å². The second kappa shape index (κ2) is 16.5. The second-order valence-electron chi connectivity index (χ2n) is 15.5. The van der Waals surface area contributed by atoms with Crippen molar-refractivity contribution in [2.45, 2.75) is 84.5 Å². The maximum Gasteiger partial charge on any atom is 0.303 e. The van der Waals surface area contributed by atoms with E-state index in [0.29, 0.717) is 72.3 Å². The maximum atomic E-state index is 14.7. The molecule has 2 saturated heterocycles. The number of carboxylic acids is 1. The summed E-state index contributed by atoms with van der Waals surface area (Å²) in [5, 5.41) is 13.1. The molecular formula is C42H54N4O7. The van der Waals surface area contributed by atoms with Crippen LogP contribution in [0.15, 0.2) is 36.4 Å². The van der Waals surface area contributed by atoms with Gasteiger partial charge in [-0.1, -0.05) is 0 Å². The summed E-state index contributed by atoms with van der Waals surface area (Å²) in [6, 6.07) is 11.5. The first-order valence-corrected chi connectivity index (χ1v) is 19.4. The Morgan fingerprint density at radius 2 is 1.83 bits per heavy atom. The van der Waals surface area contributed by atoms with E-state index in [1.807, 2.05) is 57.2 Å². The highest BCUT2D eigenvalue weighted by Crippen LogP contribution is 2.45. The second-order valence-corrected chi connectivity index (χ2v) is 15.5. The number of aliphatic carboxylic acids is 1. The van der Waals surface area contributed by atoms with Crippen LogP contribution in [0.25, 0.3) is 11.3 Å². The predicted molar refractivity (Wildman–Crippen MR) is 202 cm³/mol. The van der Waals surface area contributed by atoms with E-state index in [4.69, 9.17) is 28.9 Å². The Bertz CT molecular complexity index is 1790. The molecule has 0 spiro atoms. The zero-order valence-corrected chi connectivity index (χ0v) is 31.6. The van der Waals surface area contributed by atoms with Gasteiger partial charge in [0.2, 0.25) is 5.78 Å². The number of aromatic nitrogens is 2. The number of ether oxygens (including phenoxy) is 4. The zero-order valence-electron chi connectivity index (χ0n) is 31.6. The minimum Gasteiger partial charge on any atom is -0.497 e. The Labute approximate surface area is 312 Å². The first-order chi connectivity index (χ1) is 25.7. The number of anilines is 1. The Kier molecular flexibility index (Phi) is 11.6. The van der Waals surface area contributed by atoms with Gasteiger partial charge in [-0.05, 0) is 114 Å². The molecule has 3 aromatic rings. The number of nitrogens with one attached hydrogen (secondary N) is 1. The lowest BCUT2D eigenvalue weighted by Gasteiger charge is -2.37. The molecule has 11 nitrogen and oxygen atoms in total. The molecule has 1 aliphatic carbocycles. The number of hydrogen-bond acceptors (Lipinski definition) is 10. The van der Waals surface area contributed by atoms with Crippen LogP contribution >= 0.6 is 0 Å². The van der Waals surface area contributed by atoms with Gasteiger partial charge < -0.3 is 29.0 Å². The molecule has 4 atom stereocenters. The average molecular weight is 727 g/mol. The molecule has 2 N–H and O–H groups in total. The topological polar surface area (TPSA) is 132 Å². The van der Waals surface area contributed by atoms with E-state index in [1.165, 1.54) is 0 Å². The van der Waals surface area contributed by atoms with Crippen LogP contribution in [0.1, 0.15) is 84.9 Å². The number of benzene rings is 1. The van der Waals surface area contributed by atoms with E-state index < -0.39 is 5.97 Å². The van der Waals surface area contributed by atoms with Crippen LogP contribution in [0.2, 0.25) is 0 Å². The number of methoxy groups -OCH3 is 1. The number of fused-ring (bicyclic) bond motifs is 1. The molecule has 0 bridgehead atoms. The van der Waals surface area contributed by atoms with Gasteiger partial charge in [0.1, 0.15) is 30.0 Å². The van der Waals surface area contributed by atoms with Crippen LogP contribution in [0.3, 0.4) is 0 Å². The van der Waals surface area contributed by atoms with E-state index in [1.54, 1.807) is 7.11 Å². The molecule has 0 radical (unpaired) electrons. The average Bonchev–Trinajstić information content (AvgIpc) is 4.00. The standard InChI is InChI=1S/C42H54N4O7/c1-25-5-9-34(40-33-14-18-51-27(3)23-52-37(33)19-26(2)45-40)41(44-25)42(49)32-10-8-31(50-4)21-36(32)46-16-12-28(13-17-46)24-53-38-20-30(11-15-43-38)35(22-39(47)48)29-6-7-29/h5,8-10,19,21,27-30,35,38,43H,6-7,11-18,20,22-24H2,1-4H3,(H,47,48)/t27-,30-,35-,38-/m0/s1. The van der Waals surface area contributed by atoms with Gasteiger partial charge in [0.05, 0.1) is 37.8 Å². The molecule has 0 amide bonds. The van der Waals surface area contributed by atoms with E-state index in [-0.39, 0.29) is 30.5 Å². The number of rotatable bonds is 12. The maximum absolute atomic E-state index is 14.7. The molecule has 53 heavy (non-hydrogen) atoms. The first-order valence-electron chi connectivity index (χ1n) is 19.4. The van der Waals surface area contributed by atoms with Crippen LogP contribution < -0.4 is 19.7 Å². The normalized spacial score (nSPS) is 22.9. The SMILES string of the molecule is COc1ccc(C(=O)c2nc(C)ccc2-c2nc(C)cc3c2CCO[C@@H](C)CO3)c(N2CCC(CO[C@H]3C[C@@H]([C@@H](CC(=O)O)C4CC4)CCN3)CC2)c1.